The van der Waals surface area contributed by atoms with Gasteiger partial charge in [-0.1, -0.05) is 43.2 Å². The van der Waals surface area contributed by atoms with E-state index in [0.717, 1.165) is 31.2 Å². The van der Waals surface area contributed by atoms with Crippen molar-refractivity contribution in [1.82, 2.24) is 14.9 Å². The first-order chi connectivity index (χ1) is 10.6. The number of rotatable bonds is 3. The number of fused-ring (bicyclic) bond motifs is 1. The number of imide groups is 1. The SMILES string of the molecule is CN(C)N1C(=O)C2CCCCC2N(Cc2ccccc2)C1=O. The van der Waals surface area contributed by atoms with E-state index >= 15 is 0 Å². The Hall–Kier alpha value is -1.88. The number of carbonyl (C=O) groups excluding carboxylic acids is 2. The first kappa shape index (κ1) is 15.0. The van der Waals surface area contributed by atoms with Gasteiger partial charge >= 0.3 is 6.03 Å². The van der Waals surface area contributed by atoms with Crippen molar-refractivity contribution in [2.24, 2.45) is 5.92 Å². The normalized spacial score (nSPS) is 25.6. The summed E-state index contributed by atoms with van der Waals surface area (Å²) in [4.78, 5) is 27.4. The predicted octanol–water partition coefficient (Wildman–Crippen LogP) is 2.49. The van der Waals surface area contributed by atoms with Crippen LogP contribution in [0.3, 0.4) is 0 Å². The molecule has 3 amide bonds. The summed E-state index contributed by atoms with van der Waals surface area (Å²) in [6.07, 6.45) is 3.97. The molecule has 5 nitrogen and oxygen atoms in total. The van der Waals surface area contributed by atoms with Crippen LogP contribution in [0.5, 0.6) is 0 Å². The topological polar surface area (TPSA) is 43.9 Å². The van der Waals surface area contributed by atoms with Gasteiger partial charge in [-0.05, 0) is 18.4 Å². The fraction of sp³-hybridized carbons (Fsp3) is 0.529. The van der Waals surface area contributed by atoms with Crippen LogP contribution < -0.4 is 0 Å². The van der Waals surface area contributed by atoms with E-state index in [0.29, 0.717) is 6.54 Å². The second-order valence-electron chi connectivity index (χ2n) is 6.35. The molecule has 2 fully saturated rings. The Bertz CT molecular complexity index is 558. The lowest BCUT2D eigenvalue weighted by Gasteiger charge is -2.48. The number of hydrazine groups is 1. The van der Waals surface area contributed by atoms with Crippen LogP contribution in [0.2, 0.25) is 0 Å². The van der Waals surface area contributed by atoms with E-state index in [9.17, 15) is 9.59 Å². The zero-order valence-corrected chi connectivity index (χ0v) is 13.2. The van der Waals surface area contributed by atoms with Crippen LogP contribution >= 0.6 is 0 Å². The van der Waals surface area contributed by atoms with Gasteiger partial charge in [-0.25, -0.2) is 9.80 Å². The van der Waals surface area contributed by atoms with Crippen molar-refractivity contribution in [2.45, 2.75) is 38.3 Å². The van der Waals surface area contributed by atoms with Crippen LogP contribution in [0.25, 0.3) is 0 Å². The molecule has 1 aromatic rings. The van der Waals surface area contributed by atoms with E-state index in [-0.39, 0.29) is 23.9 Å². The number of amides is 3. The number of hydrogen-bond donors (Lipinski definition) is 0. The number of benzene rings is 1. The standard InChI is InChI=1S/C17H23N3O2/c1-18(2)20-16(21)14-10-6-7-11-15(14)19(17(20)22)12-13-8-4-3-5-9-13/h3-5,8-9,14-15H,6-7,10-12H2,1-2H3. The summed E-state index contributed by atoms with van der Waals surface area (Å²) < 4.78 is 0. The van der Waals surface area contributed by atoms with Crippen molar-refractivity contribution in [3.05, 3.63) is 35.9 Å². The molecule has 0 spiro atoms. The lowest BCUT2D eigenvalue weighted by molar-refractivity contribution is -0.153. The number of urea groups is 1. The highest BCUT2D eigenvalue weighted by Gasteiger charge is 2.47. The van der Waals surface area contributed by atoms with Gasteiger partial charge in [-0.2, -0.15) is 5.01 Å². The summed E-state index contributed by atoms with van der Waals surface area (Å²) in [6, 6.07) is 9.85. The maximum atomic E-state index is 12.8. The first-order valence-electron chi connectivity index (χ1n) is 7.95. The molecule has 1 heterocycles. The Morgan fingerprint density at radius 2 is 1.77 bits per heavy atom. The average Bonchev–Trinajstić information content (AvgIpc) is 2.52. The van der Waals surface area contributed by atoms with Crippen LogP contribution in [-0.4, -0.2) is 47.0 Å². The van der Waals surface area contributed by atoms with E-state index < -0.39 is 0 Å². The molecule has 3 rings (SSSR count). The molecule has 1 saturated carbocycles. The molecule has 1 aliphatic heterocycles. The maximum Gasteiger partial charge on any atom is 0.342 e. The van der Waals surface area contributed by atoms with Gasteiger partial charge < -0.3 is 4.90 Å². The van der Waals surface area contributed by atoms with Gasteiger partial charge in [0.1, 0.15) is 0 Å². The molecule has 0 radical (unpaired) electrons. The summed E-state index contributed by atoms with van der Waals surface area (Å²) in [5, 5.41) is 2.91. The number of nitrogens with zero attached hydrogens (tertiary/aromatic N) is 3. The van der Waals surface area contributed by atoms with E-state index in [1.54, 1.807) is 19.1 Å². The van der Waals surface area contributed by atoms with Gasteiger partial charge in [0.15, 0.2) is 0 Å². The quantitative estimate of drug-likeness (QED) is 0.861. The Morgan fingerprint density at radius 3 is 2.45 bits per heavy atom. The van der Waals surface area contributed by atoms with Crippen molar-refractivity contribution >= 4 is 11.9 Å². The third-order valence-electron chi connectivity index (χ3n) is 4.68. The van der Waals surface area contributed by atoms with Crippen LogP contribution in [-0.2, 0) is 11.3 Å². The molecule has 2 unspecified atom stereocenters. The second kappa shape index (κ2) is 6.08. The minimum Gasteiger partial charge on any atom is -0.315 e. The fourth-order valence-corrected chi connectivity index (χ4v) is 3.62. The summed E-state index contributed by atoms with van der Waals surface area (Å²) in [7, 11) is 3.50. The monoisotopic (exact) mass is 301 g/mol. The molecule has 0 N–H and O–H groups in total. The van der Waals surface area contributed by atoms with Gasteiger partial charge in [0.05, 0.1) is 5.92 Å². The third-order valence-corrected chi connectivity index (χ3v) is 4.68. The molecule has 5 heteroatoms. The van der Waals surface area contributed by atoms with Crippen molar-refractivity contribution in [2.75, 3.05) is 14.1 Å². The zero-order chi connectivity index (χ0) is 15.7. The molecular weight excluding hydrogens is 278 g/mol. The highest BCUT2D eigenvalue weighted by atomic mass is 16.2. The molecule has 22 heavy (non-hydrogen) atoms. The fourth-order valence-electron chi connectivity index (χ4n) is 3.62. The highest BCUT2D eigenvalue weighted by molar-refractivity contribution is 5.98. The van der Waals surface area contributed by atoms with Crippen LogP contribution in [0.15, 0.2) is 30.3 Å². The zero-order valence-electron chi connectivity index (χ0n) is 13.2. The van der Waals surface area contributed by atoms with Crippen molar-refractivity contribution < 1.29 is 9.59 Å². The lowest BCUT2D eigenvalue weighted by atomic mass is 9.81. The Morgan fingerprint density at radius 1 is 1.09 bits per heavy atom. The Balaban J connectivity index is 1.91. The molecule has 118 valence electrons. The molecule has 1 aliphatic carbocycles. The molecule has 1 aromatic carbocycles. The molecule has 1 saturated heterocycles. The molecule has 2 aliphatic rings. The molecular formula is C17H23N3O2. The largest absolute Gasteiger partial charge is 0.342 e. The van der Waals surface area contributed by atoms with Crippen LogP contribution in [0.1, 0.15) is 31.2 Å². The van der Waals surface area contributed by atoms with Gasteiger partial charge in [-0.15, -0.1) is 0 Å². The van der Waals surface area contributed by atoms with Gasteiger partial charge in [-0.3, -0.25) is 4.79 Å². The van der Waals surface area contributed by atoms with Crippen LogP contribution in [0, 0.1) is 5.92 Å². The van der Waals surface area contributed by atoms with E-state index in [1.807, 2.05) is 35.2 Å². The summed E-state index contributed by atoms with van der Waals surface area (Å²) >= 11 is 0. The van der Waals surface area contributed by atoms with Gasteiger partial charge in [0.25, 0.3) is 5.91 Å². The van der Waals surface area contributed by atoms with E-state index in [1.165, 1.54) is 5.01 Å². The lowest BCUT2D eigenvalue weighted by Crippen LogP contribution is -2.65. The molecule has 0 aromatic heterocycles. The third kappa shape index (κ3) is 2.61. The maximum absolute atomic E-state index is 12.8. The van der Waals surface area contributed by atoms with Gasteiger partial charge in [0, 0.05) is 26.7 Å². The van der Waals surface area contributed by atoms with Gasteiger partial charge in [0.2, 0.25) is 0 Å². The highest BCUT2D eigenvalue weighted by Crippen LogP contribution is 2.35. The van der Waals surface area contributed by atoms with Crippen molar-refractivity contribution in [3.63, 3.8) is 0 Å². The second-order valence-corrected chi connectivity index (χ2v) is 6.35. The minimum absolute atomic E-state index is 0.0380. The molecule has 2 atom stereocenters. The first-order valence-corrected chi connectivity index (χ1v) is 7.95. The van der Waals surface area contributed by atoms with Crippen molar-refractivity contribution in [1.29, 1.82) is 0 Å². The summed E-state index contributed by atoms with van der Waals surface area (Å²) in [5.41, 5.74) is 1.10. The van der Waals surface area contributed by atoms with E-state index in [4.69, 9.17) is 0 Å². The summed E-state index contributed by atoms with van der Waals surface area (Å²) in [5.74, 6) is -0.0958. The minimum atomic E-state index is -0.193. The van der Waals surface area contributed by atoms with E-state index in [2.05, 4.69) is 0 Å². The van der Waals surface area contributed by atoms with Crippen molar-refractivity contribution in [3.8, 4) is 0 Å². The average molecular weight is 301 g/mol. The smallest absolute Gasteiger partial charge is 0.315 e. The number of carbonyl (C=O) groups is 2. The molecule has 0 bridgehead atoms. The predicted molar refractivity (Wildman–Crippen MR) is 83.7 cm³/mol. The van der Waals surface area contributed by atoms with Crippen LogP contribution in [0.4, 0.5) is 4.79 Å². The Labute approximate surface area is 131 Å². The number of hydrogen-bond acceptors (Lipinski definition) is 3. The Kier molecular flexibility index (Phi) is 4.16. The summed E-state index contributed by atoms with van der Waals surface area (Å²) in [6.45, 7) is 0.568.